The number of alkyl halides is 3. The lowest BCUT2D eigenvalue weighted by Gasteiger charge is -2.58. The second-order valence-corrected chi connectivity index (χ2v) is 9.57. The number of likely N-dealkylation sites (tertiary alicyclic amines) is 1. The van der Waals surface area contributed by atoms with E-state index in [4.69, 9.17) is 5.48 Å². The zero-order chi connectivity index (χ0) is 31.7. The Morgan fingerprint density at radius 2 is 1.98 bits per heavy atom. The SMILES string of the molecule is [2H]C1([2H])CNCC([2H])([2H])C1(C(=O)c1ccnc(C(F)(F)F)c1F)N1CC(CC#N)(n2cc(-c3ncnc4[nH]ccc34)cn2)C1. The quantitative estimate of drug-likeness (QED) is 0.273. The van der Waals surface area contributed by atoms with E-state index in [-0.39, 0.29) is 19.5 Å². The summed E-state index contributed by atoms with van der Waals surface area (Å²) in [5, 5.41) is 17.5. The zero-order valence-corrected chi connectivity index (χ0v) is 20.6. The molecule has 0 aliphatic carbocycles. The van der Waals surface area contributed by atoms with E-state index < -0.39 is 65.9 Å². The molecule has 4 aromatic heterocycles. The summed E-state index contributed by atoms with van der Waals surface area (Å²) in [5.74, 6) is -3.52. The molecular weight excluding hydrogens is 530 g/mol. The van der Waals surface area contributed by atoms with Gasteiger partial charge in [-0.25, -0.2) is 19.3 Å². The molecule has 14 heteroatoms. The minimum atomic E-state index is -5.26. The van der Waals surface area contributed by atoms with Gasteiger partial charge in [-0.05, 0) is 38.0 Å². The fourth-order valence-electron chi connectivity index (χ4n) is 5.24. The lowest BCUT2D eigenvalue weighted by Crippen LogP contribution is -2.73. The highest BCUT2D eigenvalue weighted by molar-refractivity contribution is 6.03. The summed E-state index contributed by atoms with van der Waals surface area (Å²) in [6, 6.07) is 4.52. The number of ketones is 1. The molecule has 6 rings (SSSR count). The Hall–Kier alpha value is -4.22. The molecular formula is C26H23F4N9O. The van der Waals surface area contributed by atoms with Crippen molar-refractivity contribution in [1.29, 1.82) is 5.26 Å². The third-order valence-electron chi connectivity index (χ3n) is 7.22. The van der Waals surface area contributed by atoms with Gasteiger partial charge >= 0.3 is 6.18 Å². The normalized spacial score (nSPS) is 22.8. The fraction of sp³-hybridized carbons (Fsp3) is 0.385. The van der Waals surface area contributed by atoms with Crippen LogP contribution < -0.4 is 5.32 Å². The smallest absolute Gasteiger partial charge is 0.346 e. The number of nitrogens with one attached hydrogen (secondary N) is 2. The summed E-state index contributed by atoms with van der Waals surface area (Å²) in [4.78, 5) is 29.8. The van der Waals surface area contributed by atoms with Crippen LogP contribution in [0, 0.1) is 17.1 Å². The van der Waals surface area contributed by atoms with Crippen molar-refractivity contribution < 1.29 is 27.8 Å². The molecule has 0 radical (unpaired) electrons. The van der Waals surface area contributed by atoms with E-state index in [9.17, 15) is 23.2 Å². The number of carbonyl (C=O) groups is 1. The number of carbonyl (C=O) groups excluding carboxylic acids is 1. The van der Waals surface area contributed by atoms with Gasteiger partial charge in [-0.15, -0.1) is 0 Å². The van der Waals surface area contributed by atoms with Gasteiger partial charge in [0.1, 0.15) is 17.5 Å². The van der Waals surface area contributed by atoms with Crippen LogP contribution in [0.1, 0.15) is 40.7 Å². The molecule has 2 aliphatic rings. The Balaban J connectivity index is 1.44. The van der Waals surface area contributed by atoms with E-state index in [2.05, 4.69) is 36.4 Å². The van der Waals surface area contributed by atoms with Crippen molar-refractivity contribution in [3.8, 4) is 17.3 Å². The van der Waals surface area contributed by atoms with E-state index in [1.54, 1.807) is 18.5 Å². The van der Waals surface area contributed by atoms with Crippen molar-refractivity contribution in [2.24, 2.45) is 0 Å². The third kappa shape index (κ3) is 4.04. The van der Waals surface area contributed by atoms with E-state index in [1.165, 1.54) is 17.2 Å². The second kappa shape index (κ2) is 9.46. The molecule has 6 heterocycles. The molecule has 10 nitrogen and oxygen atoms in total. The highest BCUT2D eigenvalue weighted by Crippen LogP contribution is 2.43. The van der Waals surface area contributed by atoms with Crippen molar-refractivity contribution >= 4 is 16.8 Å². The highest BCUT2D eigenvalue weighted by Gasteiger charge is 2.57. The Kier molecular flexibility index (Phi) is 5.10. The van der Waals surface area contributed by atoms with Crippen LogP contribution in [-0.2, 0) is 11.7 Å². The Labute approximate surface area is 230 Å². The standard InChI is InChI=1S/C26H23F4N9O/c27-19-17(1-7-33-21(19)26(28,29)30)22(40)25(4-9-32-10-5-25)38-13-24(14-38,3-6-31)39-12-16(11-37-39)20-18-2-8-34-23(18)36-15-35-20/h1-2,7-8,11-12,15,32H,3-5,9-10,13-14H2,(H,34,35,36)/i4D2,5D2. The van der Waals surface area contributed by atoms with Gasteiger partial charge in [0.25, 0.3) is 0 Å². The fourth-order valence-corrected chi connectivity index (χ4v) is 5.24. The van der Waals surface area contributed by atoms with Crippen LogP contribution in [0.5, 0.6) is 0 Å². The highest BCUT2D eigenvalue weighted by atomic mass is 19.4. The number of fused-ring (bicyclic) bond motifs is 1. The first-order valence-corrected chi connectivity index (χ1v) is 12.1. The molecule has 2 N–H and O–H groups in total. The Bertz CT molecular complexity index is 1790. The Morgan fingerprint density at radius 3 is 2.70 bits per heavy atom. The number of rotatable bonds is 6. The van der Waals surface area contributed by atoms with Crippen LogP contribution in [0.4, 0.5) is 17.6 Å². The lowest BCUT2D eigenvalue weighted by molar-refractivity contribution is -0.143. The van der Waals surface area contributed by atoms with Crippen molar-refractivity contribution in [3.05, 3.63) is 60.3 Å². The van der Waals surface area contributed by atoms with Gasteiger partial charge in [-0.3, -0.25) is 14.4 Å². The first kappa shape index (κ1) is 21.6. The molecule has 0 saturated carbocycles. The van der Waals surface area contributed by atoms with Crippen LogP contribution in [0.2, 0.25) is 0 Å². The van der Waals surface area contributed by atoms with Gasteiger partial charge < -0.3 is 10.3 Å². The molecule has 0 bridgehead atoms. The average molecular weight is 558 g/mol. The number of hydrogen-bond acceptors (Lipinski definition) is 8. The first-order valence-electron chi connectivity index (χ1n) is 14.1. The predicted octanol–water partition coefficient (Wildman–Crippen LogP) is 3.30. The summed E-state index contributed by atoms with van der Waals surface area (Å²) in [5.41, 5.74) is -5.40. The maximum atomic E-state index is 15.3. The number of nitriles is 1. The number of hydrogen-bond donors (Lipinski definition) is 2. The number of pyridine rings is 1. The van der Waals surface area contributed by atoms with Crippen molar-refractivity contribution in [2.75, 3.05) is 26.2 Å². The van der Waals surface area contributed by atoms with Crippen molar-refractivity contribution in [1.82, 2.24) is 39.9 Å². The molecule has 2 saturated heterocycles. The summed E-state index contributed by atoms with van der Waals surface area (Å²) < 4.78 is 92.6. The summed E-state index contributed by atoms with van der Waals surface area (Å²) in [6.45, 7) is -1.69. The zero-order valence-electron chi connectivity index (χ0n) is 24.6. The topological polar surface area (TPSA) is 128 Å². The predicted molar refractivity (Wildman–Crippen MR) is 133 cm³/mol. The summed E-state index contributed by atoms with van der Waals surface area (Å²) >= 11 is 0. The molecule has 2 fully saturated rings. The van der Waals surface area contributed by atoms with Gasteiger partial charge in [-0.2, -0.15) is 23.5 Å². The molecule has 2 aliphatic heterocycles. The number of aromatic amines is 1. The number of nitrogens with zero attached hydrogens (tertiary/aromatic N) is 7. The number of H-pyrrole nitrogens is 1. The first-order chi connectivity index (χ1) is 20.7. The van der Waals surface area contributed by atoms with Crippen LogP contribution in [-0.4, -0.2) is 72.1 Å². The van der Waals surface area contributed by atoms with E-state index in [0.29, 0.717) is 34.6 Å². The second-order valence-electron chi connectivity index (χ2n) is 9.57. The number of aromatic nitrogens is 6. The van der Waals surface area contributed by atoms with Crippen LogP contribution in [0.25, 0.3) is 22.3 Å². The lowest BCUT2D eigenvalue weighted by atomic mass is 9.73. The van der Waals surface area contributed by atoms with Crippen LogP contribution >= 0.6 is 0 Å². The number of piperidine rings is 1. The number of Topliss-reactive ketones (excluding diaryl/α,β-unsaturated/α-hetero) is 1. The molecule has 40 heavy (non-hydrogen) atoms. The number of halogens is 4. The molecule has 206 valence electrons. The molecule has 0 atom stereocenters. The molecule has 0 amide bonds. The van der Waals surface area contributed by atoms with Gasteiger partial charge in [0.2, 0.25) is 0 Å². The van der Waals surface area contributed by atoms with E-state index in [0.717, 1.165) is 4.90 Å². The maximum absolute atomic E-state index is 15.3. The van der Waals surface area contributed by atoms with Gasteiger partial charge in [0.05, 0.1) is 35.5 Å². The van der Waals surface area contributed by atoms with E-state index in [1.807, 2.05) is 0 Å². The molecule has 0 spiro atoms. The molecule has 0 unspecified atom stereocenters. The van der Waals surface area contributed by atoms with Gasteiger partial charge in [-0.1, -0.05) is 0 Å². The molecule has 4 aromatic rings. The van der Waals surface area contributed by atoms with Gasteiger partial charge in [0.15, 0.2) is 17.3 Å². The Morgan fingerprint density at radius 1 is 1.20 bits per heavy atom. The minimum Gasteiger partial charge on any atom is -0.346 e. The largest absolute Gasteiger partial charge is 0.436 e. The van der Waals surface area contributed by atoms with Crippen molar-refractivity contribution in [2.45, 2.75) is 36.4 Å². The summed E-state index contributed by atoms with van der Waals surface area (Å²) in [7, 11) is 0. The van der Waals surface area contributed by atoms with Gasteiger partial charge in [0, 0.05) is 48.1 Å². The molecule has 0 aromatic carbocycles. The van der Waals surface area contributed by atoms with Crippen molar-refractivity contribution in [3.63, 3.8) is 0 Å². The monoisotopic (exact) mass is 557 g/mol. The third-order valence-corrected chi connectivity index (χ3v) is 7.22. The summed E-state index contributed by atoms with van der Waals surface area (Å²) in [6.07, 6.45) is -4.18. The van der Waals surface area contributed by atoms with E-state index >= 15 is 4.39 Å². The van der Waals surface area contributed by atoms with Crippen LogP contribution in [0.15, 0.2) is 43.2 Å². The maximum Gasteiger partial charge on any atom is 0.436 e. The minimum absolute atomic E-state index is 0.190. The average Bonchev–Trinajstić information content (AvgIpc) is 3.60. The van der Waals surface area contributed by atoms with Crippen LogP contribution in [0.3, 0.4) is 0 Å².